The van der Waals surface area contributed by atoms with Gasteiger partial charge in [0.05, 0.1) is 5.56 Å². The highest BCUT2D eigenvalue weighted by Crippen LogP contribution is 2.34. The fourth-order valence-electron chi connectivity index (χ4n) is 1.99. The van der Waals surface area contributed by atoms with Crippen LogP contribution in [-0.2, 0) is 0 Å². The molecule has 19 heavy (non-hydrogen) atoms. The van der Waals surface area contributed by atoms with E-state index in [1.807, 2.05) is 31.2 Å². The van der Waals surface area contributed by atoms with Crippen molar-refractivity contribution in [3.8, 4) is 11.5 Å². The zero-order valence-corrected chi connectivity index (χ0v) is 10.4. The molecule has 0 atom stereocenters. The Morgan fingerprint density at radius 2 is 1.84 bits per heavy atom. The van der Waals surface area contributed by atoms with Crippen LogP contribution in [0.5, 0.6) is 11.5 Å². The van der Waals surface area contributed by atoms with Crippen molar-refractivity contribution in [3.05, 3.63) is 64.9 Å². The number of benzene rings is 2. The van der Waals surface area contributed by atoms with Gasteiger partial charge in [-0.15, -0.1) is 0 Å². The van der Waals surface area contributed by atoms with Crippen LogP contribution in [0.4, 0.5) is 0 Å². The summed E-state index contributed by atoms with van der Waals surface area (Å²) in [6.45, 7) is 2.01. The standard InChI is InChI=1S/C16H12O3/c1-10-2-4-11(5-3-10)8-15-16(18)13-9-12(17)6-7-14(13)19-15/h2-9,17H,1H3/b15-8-. The summed E-state index contributed by atoms with van der Waals surface area (Å²) < 4.78 is 5.51. The van der Waals surface area contributed by atoms with Crippen LogP contribution < -0.4 is 4.74 Å². The number of ether oxygens (including phenoxy) is 1. The third-order valence-corrected chi connectivity index (χ3v) is 3.03. The van der Waals surface area contributed by atoms with Gasteiger partial charge in [0.15, 0.2) is 5.76 Å². The number of ketones is 1. The Bertz CT molecular complexity index is 682. The molecule has 0 fully saturated rings. The van der Waals surface area contributed by atoms with Crippen LogP contribution in [0.1, 0.15) is 21.5 Å². The minimum atomic E-state index is -0.202. The van der Waals surface area contributed by atoms with Gasteiger partial charge in [0.1, 0.15) is 11.5 Å². The molecule has 0 unspecified atom stereocenters. The van der Waals surface area contributed by atoms with Crippen LogP contribution in [0.25, 0.3) is 6.08 Å². The first-order valence-corrected chi connectivity index (χ1v) is 5.97. The molecule has 3 rings (SSSR count). The smallest absolute Gasteiger partial charge is 0.232 e. The molecule has 0 radical (unpaired) electrons. The lowest BCUT2D eigenvalue weighted by atomic mass is 10.1. The SMILES string of the molecule is Cc1ccc(/C=C2\Oc3ccc(O)cc3C2=O)cc1. The number of fused-ring (bicyclic) bond motifs is 1. The number of aromatic hydroxyl groups is 1. The summed E-state index contributed by atoms with van der Waals surface area (Å²) in [5.41, 5.74) is 2.47. The maximum Gasteiger partial charge on any atom is 0.232 e. The summed E-state index contributed by atoms with van der Waals surface area (Å²) in [5, 5.41) is 9.39. The van der Waals surface area contributed by atoms with E-state index in [0.29, 0.717) is 11.3 Å². The fourth-order valence-corrected chi connectivity index (χ4v) is 1.99. The molecule has 0 saturated carbocycles. The van der Waals surface area contributed by atoms with Crippen LogP contribution in [0, 0.1) is 6.92 Å². The molecule has 1 N–H and O–H groups in total. The van der Waals surface area contributed by atoms with Crippen molar-refractivity contribution in [2.75, 3.05) is 0 Å². The summed E-state index contributed by atoms with van der Waals surface area (Å²) in [6, 6.07) is 12.3. The lowest BCUT2D eigenvalue weighted by molar-refractivity contribution is 0.101. The second-order valence-corrected chi connectivity index (χ2v) is 4.53. The highest BCUT2D eigenvalue weighted by molar-refractivity contribution is 6.14. The molecular weight excluding hydrogens is 240 g/mol. The quantitative estimate of drug-likeness (QED) is 0.792. The first-order valence-electron chi connectivity index (χ1n) is 5.97. The fraction of sp³-hybridized carbons (Fsp3) is 0.0625. The number of Topliss-reactive ketones (excluding diaryl/α,β-unsaturated/α-hetero) is 1. The minimum absolute atomic E-state index is 0.0623. The number of phenolic OH excluding ortho intramolecular Hbond substituents is 1. The molecule has 3 heteroatoms. The lowest BCUT2D eigenvalue weighted by Crippen LogP contribution is -1.97. The van der Waals surface area contributed by atoms with E-state index in [4.69, 9.17) is 4.74 Å². The van der Waals surface area contributed by atoms with E-state index >= 15 is 0 Å². The molecule has 0 saturated heterocycles. The third kappa shape index (κ3) is 2.10. The maximum absolute atomic E-state index is 12.1. The topological polar surface area (TPSA) is 46.5 Å². The van der Waals surface area contributed by atoms with Gasteiger partial charge in [0.25, 0.3) is 0 Å². The Morgan fingerprint density at radius 1 is 1.11 bits per heavy atom. The molecular formula is C16H12O3. The molecule has 3 nitrogen and oxygen atoms in total. The van der Waals surface area contributed by atoms with Crippen LogP contribution in [-0.4, -0.2) is 10.9 Å². The van der Waals surface area contributed by atoms with Crippen molar-refractivity contribution in [3.63, 3.8) is 0 Å². The Hall–Kier alpha value is -2.55. The Morgan fingerprint density at radius 3 is 2.58 bits per heavy atom. The summed E-state index contributed by atoms with van der Waals surface area (Å²) in [7, 11) is 0. The number of hydrogen-bond donors (Lipinski definition) is 1. The maximum atomic E-state index is 12.1. The van der Waals surface area contributed by atoms with E-state index in [1.165, 1.54) is 12.1 Å². The highest BCUT2D eigenvalue weighted by Gasteiger charge is 2.27. The van der Waals surface area contributed by atoms with Crippen molar-refractivity contribution >= 4 is 11.9 Å². The molecule has 0 aromatic heterocycles. The number of rotatable bonds is 1. The number of allylic oxidation sites excluding steroid dienone is 1. The van der Waals surface area contributed by atoms with Gasteiger partial charge in [-0.25, -0.2) is 0 Å². The van der Waals surface area contributed by atoms with Gasteiger partial charge in [-0.2, -0.15) is 0 Å². The number of aryl methyl sites for hydroxylation is 1. The van der Waals surface area contributed by atoms with Gasteiger partial charge in [0.2, 0.25) is 5.78 Å². The summed E-state index contributed by atoms with van der Waals surface area (Å²) >= 11 is 0. The molecule has 0 aliphatic carbocycles. The predicted molar refractivity (Wildman–Crippen MR) is 72.2 cm³/mol. The van der Waals surface area contributed by atoms with Crippen molar-refractivity contribution in [2.24, 2.45) is 0 Å². The van der Waals surface area contributed by atoms with Crippen LogP contribution in [0.15, 0.2) is 48.2 Å². The Labute approximate surface area is 110 Å². The van der Waals surface area contributed by atoms with Gasteiger partial charge < -0.3 is 9.84 Å². The largest absolute Gasteiger partial charge is 0.508 e. The molecule has 1 heterocycles. The summed E-state index contributed by atoms with van der Waals surface area (Å²) in [6.07, 6.45) is 1.71. The normalized spacial score (nSPS) is 15.4. The lowest BCUT2D eigenvalue weighted by Gasteiger charge is -1.99. The Balaban J connectivity index is 1.97. The van der Waals surface area contributed by atoms with E-state index in [-0.39, 0.29) is 17.3 Å². The molecule has 0 spiro atoms. The van der Waals surface area contributed by atoms with Crippen LogP contribution in [0.3, 0.4) is 0 Å². The first-order chi connectivity index (χ1) is 9.13. The van der Waals surface area contributed by atoms with Gasteiger partial charge in [0, 0.05) is 0 Å². The second-order valence-electron chi connectivity index (χ2n) is 4.53. The zero-order chi connectivity index (χ0) is 13.4. The average Bonchev–Trinajstić information content (AvgIpc) is 2.70. The van der Waals surface area contributed by atoms with Crippen LogP contribution >= 0.6 is 0 Å². The molecule has 1 aliphatic heterocycles. The van der Waals surface area contributed by atoms with Crippen molar-refractivity contribution in [1.29, 1.82) is 0 Å². The van der Waals surface area contributed by atoms with Crippen molar-refractivity contribution in [2.45, 2.75) is 6.92 Å². The van der Waals surface area contributed by atoms with E-state index < -0.39 is 0 Å². The van der Waals surface area contributed by atoms with Gasteiger partial charge in [-0.3, -0.25) is 4.79 Å². The molecule has 0 amide bonds. The first kappa shape index (κ1) is 11.5. The molecule has 2 aromatic rings. The summed E-state index contributed by atoms with van der Waals surface area (Å²) in [5.74, 6) is 0.629. The van der Waals surface area contributed by atoms with Gasteiger partial charge >= 0.3 is 0 Å². The summed E-state index contributed by atoms with van der Waals surface area (Å²) in [4.78, 5) is 12.1. The third-order valence-electron chi connectivity index (χ3n) is 3.03. The van der Waals surface area contributed by atoms with Crippen LogP contribution in [0.2, 0.25) is 0 Å². The van der Waals surface area contributed by atoms with E-state index in [9.17, 15) is 9.90 Å². The van der Waals surface area contributed by atoms with E-state index in [1.54, 1.807) is 12.1 Å². The monoisotopic (exact) mass is 252 g/mol. The molecule has 94 valence electrons. The predicted octanol–water partition coefficient (Wildman–Crippen LogP) is 3.32. The second kappa shape index (κ2) is 4.28. The van der Waals surface area contributed by atoms with Crippen molar-refractivity contribution in [1.82, 2.24) is 0 Å². The van der Waals surface area contributed by atoms with Crippen molar-refractivity contribution < 1.29 is 14.6 Å². The number of phenols is 1. The average molecular weight is 252 g/mol. The van der Waals surface area contributed by atoms with Gasteiger partial charge in [-0.1, -0.05) is 29.8 Å². The van der Waals surface area contributed by atoms with E-state index in [2.05, 4.69) is 0 Å². The molecule has 2 aromatic carbocycles. The molecule has 0 bridgehead atoms. The minimum Gasteiger partial charge on any atom is -0.508 e. The van der Waals surface area contributed by atoms with Gasteiger partial charge in [-0.05, 0) is 36.8 Å². The van der Waals surface area contributed by atoms with E-state index in [0.717, 1.165) is 11.1 Å². The number of carbonyl (C=O) groups excluding carboxylic acids is 1. The Kier molecular flexibility index (Phi) is 2.60. The zero-order valence-electron chi connectivity index (χ0n) is 10.4. The molecule has 1 aliphatic rings. The number of carbonyl (C=O) groups is 1. The highest BCUT2D eigenvalue weighted by atomic mass is 16.5. The number of hydrogen-bond acceptors (Lipinski definition) is 3.